The van der Waals surface area contributed by atoms with Crippen molar-refractivity contribution in [1.82, 2.24) is 0 Å². The van der Waals surface area contributed by atoms with Crippen LogP contribution in [0.25, 0.3) is 0 Å². The largest absolute Gasteiger partial charge is 0.465 e. The number of ether oxygens (including phenoxy) is 1. The molecule has 22 heavy (non-hydrogen) atoms. The smallest absolute Gasteiger partial charge is 0.324 e. The Morgan fingerprint density at radius 1 is 1.32 bits per heavy atom. The lowest BCUT2D eigenvalue weighted by molar-refractivity contribution is -0.142. The van der Waals surface area contributed by atoms with Crippen LogP contribution < -0.4 is 0 Å². The Morgan fingerprint density at radius 2 is 2.05 bits per heavy atom. The molecule has 1 aliphatic rings. The fourth-order valence-electron chi connectivity index (χ4n) is 3.11. The standard InChI is InChI=1S/C18H24Cl2O2/c1-2-22-18(21)16(19)11-9-13-8-10-15(17(20)12-13)14-6-4-3-5-7-14/h8,10,12,14,16H,2-7,9,11H2,1H3. The molecule has 1 fully saturated rings. The topological polar surface area (TPSA) is 26.3 Å². The number of rotatable bonds is 6. The summed E-state index contributed by atoms with van der Waals surface area (Å²) < 4.78 is 4.92. The summed E-state index contributed by atoms with van der Waals surface area (Å²) in [6.45, 7) is 2.15. The minimum atomic E-state index is -0.586. The predicted octanol–water partition coefficient (Wildman–Crippen LogP) is 5.49. The average molecular weight is 343 g/mol. The molecule has 1 aromatic rings. The molecule has 1 saturated carbocycles. The summed E-state index contributed by atoms with van der Waals surface area (Å²) in [5, 5.41) is 0.267. The van der Waals surface area contributed by atoms with Crippen molar-refractivity contribution in [1.29, 1.82) is 0 Å². The van der Waals surface area contributed by atoms with Gasteiger partial charge in [-0.25, -0.2) is 0 Å². The van der Waals surface area contributed by atoms with Gasteiger partial charge in [-0.2, -0.15) is 0 Å². The molecule has 0 aromatic heterocycles. The maximum Gasteiger partial charge on any atom is 0.324 e. The molecule has 1 unspecified atom stereocenters. The zero-order valence-electron chi connectivity index (χ0n) is 13.1. The first-order valence-corrected chi connectivity index (χ1v) is 9.02. The Balaban J connectivity index is 1.93. The highest BCUT2D eigenvalue weighted by Gasteiger charge is 2.19. The molecule has 0 heterocycles. The van der Waals surface area contributed by atoms with Crippen LogP contribution in [-0.2, 0) is 16.0 Å². The lowest BCUT2D eigenvalue weighted by Crippen LogP contribution is -2.18. The zero-order valence-corrected chi connectivity index (χ0v) is 14.6. The van der Waals surface area contributed by atoms with Crippen LogP contribution in [0.2, 0.25) is 5.02 Å². The average Bonchev–Trinajstić information content (AvgIpc) is 2.53. The van der Waals surface area contributed by atoms with E-state index in [9.17, 15) is 4.79 Å². The second kappa shape index (κ2) is 8.79. The van der Waals surface area contributed by atoms with Crippen LogP contribution >= 0.6 is 23.2 Å². The van der Waals surface area contributed by atoms with Gasteiger partial charge in [0.15, 0.2) is 0 Å². The van der Waals surface area contributed by atoms with Gasteiger partial charge in [-0.05, 0) is 55.7 Å². The summed E-state index contributed by atoms with van der Waals surface area (Å²) >= 11 is 12.5. The summed E-state index contributed by atoms with van der Waals surface area (Å²) in [5.41, 5.74) is 2.40. The number of alkyl halides is 1. The van der Waals surface area contributed by atoms with Gasteiger partial charge < -0.3 is 4.74 Å². The fourth-order valence-corrected chi connectivity index (χ4v) is 3.64. The number of hydrogen-bond acceptors (Lipinski definition) is 2. The van der Waals surface area contributed by atoms with E-state index in [1.807, 2.05) is 6.07 Å². The third kappa shape index (κ3) is 4.89. The monoisotopic (exact) mass is 342 g/mol. The molecule has 1 aromatic carbocycles. The van der Waals surface area contributed by atoms with Crippen molar-refractivity contribution in [2.24, 2.45) is 0 Å². The Hall–Kier alpha value is -0.730. The Labute approximate surface area is 143 Å². The molecule has 1 aliphatic carbocycles. The van der Waals surface area contributed by atoms with E-state index in [-0.39, 0.29) is 5.97 Å². The number of benzene rings is 1. The fraction of sp³-hybridized carbons (Fsp3) is 0.611. The van der Waals surface area contributed by atoms with Gasteiger partial charge in [-0.15, -0.1) is 11.6 Å². The van der Waals surface area contributed by atoms with Gasteiger partial charge in [0, 0.05) is 5.02 Å². The Morgan fingerprint density at radius 3 is 2.68 bits per heavy atom. The molecular formula is C18H24Cl2O2. The molecule has 0 amide bonds. The summed E-state index contributed by atoms with van der Waals surface area (Å²) in [7, 11) is 0. The van der Waals surface area contributed by atoms with Gasteiger partial charge in [0.2, 0.25) is 0 Å². The predicted molar refractivity (Wildman–Crippen MR) is 91.9 cm³/mol. The van der Waals surface area contributed by atoms with Crippen molar-refractivity contribution >= 4 is 29.2 Å². The van der Waals surface area contributed by atoms with E-state index in [4.69, 9.17) is 27.9 Å². The van der Waals surface area contributed by atoms with E-state index in [1.165, 1.54) is 37.7 Å². The molecule has 0 aliphatic heterocycles. The second-order valence-corrected chi connectivity index (χ2v) is 6.88. The molecular weight excluding hydrogens is 319 g/mol. The molecule has 0 radical (unpaired) electrons. The molecule has 0 saturated heterocycles. The highest BCUT2D eigenvalue weighted by atomic mass is 35.5. The first kappa shape index (κ1) is 17.6. The normalized spacial score (nSPS) is 17.2. The van der Waals surface area contributed by atoms with Gasteiger partial charge >= 0.3 is 5.97 Å². The van der Waals surface area contributed by atoms with E-state index in [2.05, 4.69) is 12.1 Å². The number of aryl methyl sites for hydroxylation is 1. The van der Waals surface area contributed by atoms with E-state index >= 15 is 0 Å². The SMILES string of the molecule is CCOC(=O)C(Cl)CCc1ccc(C2CCCCC2)c(Cl)c1. The summed E-state index contributed by atoms with van der Waals surface area (Å²) in [6, 6.07) is 6.30. The number of halogens is 2. The van der Waals surface area contributed by atoms with Crippen LogP contribution in [0.15, 0.2) is 18.2 Å². The van der Waals surface area contributed by atoms with Gasteiger partial charge in [0.25, 0.3) is 0 Å². The van der Waals surface area contributed by atoms with Crippen molar-refractivity contribution in [2.75, 3.05) is 6.61 Å². The number of esters is 1. The number of carbonyl (C=O) groups is 1. The minimum absolute atomic E-state index is 0.339. The van der Waals surface area contributed by atoms with Crippen LogP contribution in [0.4, 0.5) is 0 Å². The maximum absolute atomic E-state index is 11.5. The third-order valence-electron chi connectivity index (χ3n) is 4.34. The van der Waals surface area contributed by atoms with Crippen LogP contribution in [-0.4, -0.2) is 18.0 Å². The van der Waals surface area contributed by atoms with Crippen molar-refractivity contribution < 1.29 is 9.53 Å². The maximum atomic E-state index is 11.5. The van der Waals surface area contributed by atoms with Gasteiger partial charge in [-0.1, -0.05) is 43.0 Å². The second-order valence-electron chi connectivity index (χ2n) is 5.95. The van der Waals surface area contributed by atoms with Crippen LogP contribution in [0.1, 0.15) is 62.5 Å². The Kier molecular flexibility index (Phi) is 7.04. The van der Waals surface area contributed by atoms with Crippen LogP contribution in [0.5, 0.6) is 0 Å². The highest BCUT2D eigenvalue weighted by Crippen LogP contribution is 2.36. The molecule has 2 rings (SSSR count). The lowest BCUT2D eigenvalue weighted by Gasteiger charge is -2.23. The molecule has 4 heteroatoms. The zero-order chi connectivity index (χ0) is 15.9. The van der Waals surface area contributed by atoms with Crippen LogP contribution in [0.3, 0.4) is 0 Å². The first-order chi connectivity index (χ1) is 10.6. The van der Waals surface area contributed by atoms with Crippen molar-refractivity contribution in [3.63, 3.8) is 0 Å². The van der Waals surface area contributed by atoms with Gasteiger partial charge in [-0.3, -0.25) is 4.79 Å². The van der Waals surface area contributed by atoms with E-state index < -0.39 is 5.38 Å². The van der Waals surface area contributed by atoms with E-state index in [0.29, 0.717) is 18.9 Å². The highest BCUT2D eigenvalue weighted by molar-refractivity contribution is 6.31. The van der Waals surface area contributed by atoms with Crippen molar-refractivity contribution in [2.45, 2.75) is 63.2 Å². The van der Waals surface area contributed by atoms with E-state index in [0.717, 1.165) is 17.0 Å². The first-order valence-electron chi connectivity index (χ1n) is 8.20. The molecule has 2 nitrogen and oxygen atoms in total. The minimum Gasteiger partial charge on any atom is -0.465 e. The molecule has 0 N–H and O–H groups in total. The summed E-state index contributed by atoms with van der Waals surface area (Å²) in [5.74, 6) is 0.268. The third-order valence-corrected chi connectivity index (χ3v) is 5.06. The molecule has 0 spiro atoms. The lowest BCUT2D eigenvalue weighted by atomic mass is 9.83. The quantitative estimate of drug-likeness (QED) is 0.504. The molecule has 0 bridgehead atoms. The van der Waals surface area contributed by atoms with Gasteiger partial charge in [0.05, 0.1) is 6.61 Å². The number of carbonyl (C=O) groups excluding carboxylic acids is 1. The number of hydrogen-bond donors (Lipinski definition) is 0. The van der Waals surface area contributed by atoms with Crippen LogP contribution in [0, 0.1) is 0 Å². The van der Waals surface area contributed by atoms with E-state index in [1.54, 1.807) is 6.92 Å². The van der Waals surface area contributed by atoms with Crippen molar-refractivity contribution in [3.8, 4) is 0 Å². The summed E-state index contributed by atoms with van der Waals surface area (Å²) in [6.07, 6.45) is 7.73. The Bertz CT molecular complexity index is 496. The van der Waals surface area contributed by atoms with Gasteiger partial charge in [0.1, 0.15) is 5.38 Å². The molecule has 1 atom stereocenters. The van der Waals surface area contributed by atoms with Crippen molar-refractivity contribution in [3.05, 3.63) is 34.3 Å². The summed E-state index contributed by atoms with van der Waals surface area (Å²) in [4.78, 5) is 11.5. The molecule has 122 valence electrons.